The van der Waals surface area contributed by atoms with Crippen LogP contribution in [-0.4, -0.2) is 17.3 Å². The van der Waals surface area contributed by atoms with E-state index in [9.17, 15) is 5.11 Å². The number of aliphatic hydroxyl groups is 1. The van der Waals surface area contributed by atoms with E-state index < -0.39 is 0 Å². The fourth-order valence-electron chi connectivity index (χ4n) is 2.81. The molecule has 2 rings (SSSR count). The predicted octanol–water partition coefficient (Wildman–Crippen LogP) is 3.79. The summed E-state index contributed by atoms with van der Waals surface area (Å²) < 4.78 is 1.15. The molecule has 2 N–H and O–H groups in total. The van der Waals surface area contributed by atoms with Crippen LogP contribution in [0.15, 0.2) is 22.7 Å². The molecule has 0 radical (unpaired) electrons. The molecule has 1 aliphatic rings. The minimum Gasteiger partial charge on any atom is -0.394 e. The van der Waals surface area contributed by atoms with E-state index in [1.165, 1.54) is 24.0 Å². The summed E-state index contributed by atoms with van der Waals surface area (Å²) >= 11 is 3.53. The molecule has 0 saturated heterocycles. The molecule has 106 valence electrons. The molecule has 3 heteroatoms. The van der Waals surface area contributed by atoms with Gasteiger partial charge in [-0.25, -0.2) is 0 Å². The number of halogens is 1. The Balaban J connectivity index is 1.97. The number of hydrogen-bond donors (Lipinski definition) is 2. The first kappa shape index (κ1) is 15.0. The van der Waals surface area contributed by atoms with Crippen molar-refractivity contribution in [1.82, 2.24) is 5.32 Å². The minimum atomic E-state index is -0.0620. The van der Waals surface area contributed by atoms with E-state index in [2.05, 4.69) is 53.3 Å². The predicted molar refractivity (Wildman–Crippen MR) is 83.2 cm³/mol. The van der Waals surface area contributed by atoms with Gasteiger partial charge in [0.15, 0.2) is 0 Å². The third-order valence-electron chi connectivity index (χ3n) is 4.42. The lowest BCUT2D eigenvalue weighted by Crippen LogP contribution is -2.50. The van der Waals surface area contributed by atoms with Gasteiger partial charge in [-0.15, -0.1) is 0 Å². The second-order valence-electron chi connectivity index (χ2n) is 6.06. The van der Waals surface area contributed by atoms with Crippen molar-refractivity contribution in [1.29, 1.82) is 0 Å². The van der Waals surface area contributed by atoms with Crippen molar-refractivity contribution in [2.24, 2.45) is 5.92 Å². The molecule has 1 aromatic carbocycles. The number of benzene rings is 1. The molecule has 0 atom stereocenters. The van der Waals surface area contributed by atoms with Gasteiger partial charge in [-0.3, -0.25) is 0 Å². The van der Waals surface area contributed by atoms with E-state index in [0.717, 1.165) is 29.8 Å². The maximum absolute atomic E-state index is 9.73. The van der Waals surface area contributed by atoms with E-state index in [1.54, 1.807) is 0 Å². The number of aliphatic hydroxyl groups excluding tert-OH is 1. The van der Waals surface area contributed by atoms with E-state index in [-0.39, 0.29) is 12.1 Å². The van der Waals surface area contributed by atoms with Gasteiger partial charge in [-0.2, -0.15) is 0 Å². The lowest BCUT2D eigenvalue weighted by Gasteiger charge is -2.39. The first-order valence-electron chi connectivity index (χ1n) is 7.15. The standard InChI is InChI=1S/C16H24BrNO/c1-12-5-7-16(11-19,8-6-12)18-10-14-3-4-15(17)13(2)9-14/h3-4,9,12,18-19H,5-8,10-11H2,1-2H3. The second-order valence-corrected chi connectivity index (χ2v) is 6.91. The van der Waals surface area contributed by atoms with Crippen molar-refractivity contribution in [2.45, 2.75) is 51.6 Å². The number of hydrogen-bond acceptors (Lipinski definition) is 2. The van der Waals surface area contributed by atoms with Crippen molar-refractivity contribution < 1.29 is 5.11 Å². The van der Waals surface area contributed by atoms with Gasteiger partial charge in [0.25, 0.3) is 0 Å². The normalized spacial score (nSPS) is 27.5. The van der Waals surface area contributed by atoms with Gasteiger partial charge < -0.3 is 10.4 Å². The molecule has 0 unspecified atom stereocenters. The molecule has 0 aromatic heterocycles. The van der Waals surface area contributed by atoms with Crippen molar-refractivity contribution in [2.75, 3.05) is 6.61 Å². The van der Waals surface area contributed by atoms with Crippen LogP contribution in [0.25, 0.3) is 0 Å². The average Bonchev–Trinajstić information content (AvgIpc) is 2.42. The van der Waals surface area contributed by atoms with Crippen LogP contribution in [0.4, 0.5) is 0 Å². The Bertz CT molecular complexity index is 425. The fraction of sp³-hybridized carbons (Fsp3) is 0.625. The highest BCUT2D eigenvalue weighted by molar-refractivity contribution is 9.10. The van der Waals surface area contributed by atoms with Crippen LogP contribution in [0.5, 0.6) is 0 Å². The SMILES string of the molecule is Cc1cc(CNC2(CO)CCC(C)CC2)ccc1Br. The highest BCUT2D eigenvalue weighted by Gasteiger charge is 2.32. The zero-order valence-electron chi connectivity index (χ0n) is 11.9. The Labute approximate surface area is 124 Å². The quantitative estimate of drug-likeness (QED) is 0.882. The molecule has 0 bridgehead atoms. The third-order valence-corrected chi connectivity index (χ3v) is 5.31. The van der Waals surface area contributed by atoms with Crippen molar-refractivity contribution in [3.05, 3.63) is 33.8 Å². The van der Waals surface area contributed by atoms with Crippen LogP contribution < -0.4 is 5.32 Å². The molecule has 0 heterocycles. The van der Waals surface area contributed by atoms with Crippen molar-refractivity contribution in [3.63, 3.8) is 0 Å². The number of aryl methyl sites for hydroxylation is 1. The minimum absolute atomic E-state index is 0.0620. The first-order chi connectivity index (χ1) is 9.04. The van der Waals surface area contributed by atoms with Crippen molar-refractivity contribution >= 4 is 15.9 Å². The van der Waals surface area contributed by atoms with E-state index in [0.29, 0.717) is 0 Å². The molecule has 1 saturated carbocycles. The molecular formula is C16H24BrNO. The number of rotatable bonds is 4. The zero-order valence-corrected chi connectivity index (χ0v) is 13.5. The molecule has 1 aromatic rings. The van der Waals surface area contributed by atoms with Gasteiger partial charge in [0.1, 0.15) is 0 Å². The van der Waals surface area contributed by atoms with Crippen LogP contribution in [-0.2, 0) is 6.54 Å². The molecule has 0 aliphatic heterocycles. The highest BCUT2D eigenvalue weighted by atomic mass is 79.9. The van der Waals surface area contributed by atoms with Crippen molar-refractivity contribution in [3.8, 4) is 0 Å². The van der Waals surface area contributed by atoms with Gasteiger partial charge >= 0.3 is 0 Å². The highest BCUT2D eigenvalue weighted by Crippen LogP contribution is 2.32. The van der Waals surface area contributed by atoms with E-state index in [4.69, 9.17) is 0 Å². The lowest BCUT2D eigenvalue weighted by atomic mass is 9.77. The summed E-state index contributed by atoms with van der Waals surface area (Å²) in [6.45, 7) is 5.50. The molecule has 0 amide bonds. The smallest absolute Gasteiger partial charge is 0.0613 e. The van der Waals surface area contributed by atoms with E-state index >= 15 is 0 Å². The summed E-state index contributed by atoms with van der Waals surface area (Å²) in [6, 6.07) is 6.44. The zero-order chi connectivity index (χ0) is 13.9. The lowest BCUT2D eigenvalue weighted by molar-refractivity contribution is 0.104. The Morgan fingerprint density at radius 1 is 1.37 bits per heavy atom. The number of nitrogens with one attached hydrogen (secondary N) is 1. The Hall–Kier alpha value is -0.380. The maximum Gasteiger partial charge on any atom is 0.0613 e. The molecular weight excluding hydrogens is 302 g/mol. The van der Waals surface area contributed by atoms with Gasteiger partial charge in [0, 0.05) is 16.6 Å². The third kappa shape index (κ3) is 3.80. The van der Waals surface area contributed by atoms with Crippen LogP contribution in [0, 0.1) is 12.8 Å². The van der Waals surface area contributed by atoms with Gasteiger partial charge in [0.2, 0.25) is 0 Å². The molecule has 1 fully saturated rings. The monoisotopic (exact) mass is 325 g/mol. The maximum atomic E-state index is 9.73. The summed E-state index contributed by atoms with van der Waals surface area (Å²) in [7, 11) is 0. The average molecular weight is 326 g/mol. The first-order valence-corrected chi connectivity index (χ1v) is 7.95. The second kappa shape index (κ2) is 6.38. The van der Waals surface area contributed by atoms with Gasteiger partial charge in [-0.05, 0) is 55.7 Å². The fourth-order valence-corrected chi connectivity index (χ4v) is 3.06. The van der Waals surface area contributed by atoms with Crippen LogP contribution in [0.3, 0.4) is 0 Å². The topological polar surface area (TPSA) is 32.3 Å². The van der Waals surface area contributed by atoms with E-state index in [1.807, 2.05) is 0 Å². The molecule has 19 heavy (non-hydrogen) atoms. The largest absolute Gasteiger partial charge is 0.394 e. The Morgan fingerprint density at radius 3 is 2.63 bits per heavy atom. The molecule has 0 spiro atoms. The molecule has 2 nitrogen and oxygen atoms in total. The summed E-state index contributed by atoms with van der Waals surface area (Å²) in [5.41, 5.74) is 2.48. The van der Waals surface area contributed by atoms with Crippen LogP contribution >= 0.6 is 15.9 Å². The summed E-state index contributed by atoms with van der Waals surface area (Å²) in [5, 5.41) is 13.3. The van der Waals surface area contributed by atoms with Crippen LogP contribution in [0.2, 0.25) is 0 Å². The summed E-state index contributed by atoms with van der Waals surface area (Å²) in [6.07, 6.45) is 4.60. The summed E-state index contributed by atoms with van der Waals surface area (Å²) in [5.74, 6) is 0.802. The Kier molecular flexibility index (Phi) is 5.04. The Morgan fingerprint density at radius 2 is 2.05 bits per heavy atom. The van der Waals surface area contributed by atoms with Crippen LogP contribution in [0.1, 0.15) is 43.7 Å². The van der Waals surface area contributed by atoms with Gasteiger partial charge in [-0.1, -0.05) is 35.0 Å². The van der Waals surface area contributed by atoms with Gasteiger partial charge in [0.05, 0.1) is 6.61 Å². The molecule has 1 aliphatic carbocycles. The summed E-state index contributed by atoms with van der Waals surface area (Å²) in [4.78, 5) is 0.